The first-order valence-electron chi connectivity index (χ1n) is 8.63. The van der Waals surface area contributed by atoms with Gasteiger partial charge in [0.05, 0.1) is 0 Å². The van der Waals surface area contributed by atoms with Gasteiger partial charge in [-0.25, -0.2) is 4.39 Å². The molecule has 0 amide bonds. The maximum atomic E-state index is 12.9. The fourth-order valence-corrected chi connectivity index (χ4v) is 4.64. The fourth-order valence-electron chi connectivity index (χ4n) is 2.48. The molecule has 0 atom stereocenters. The Labute approximate surface area is 165 Å². The standard InChI is InChI=1S/C23H23FIO/c1-23(2,3)18-6-10-20(11-7-18)25-21-12-14-22(15-13-21)26-16-17-4-8-19(24)9-5-17/h4-15H,16H2,1-3H3/q+1. The number of hydrogen-bond acceptors (Lipinski definition) is 1. The van der Waals surface area contributed by atoms with Gasteiger partial charge in [-0.3, -0.25) is 0 Å². The Kier molecular flexibility index (Phi) is 5.97. The zero-order valence-electron chi connectivity index (χ0n) is 15.3. The van der Waals surface area contributed by atoms with Crippen molar-refractivity contribution >= 4 is 0 Å². The lowest BCUT2D eigenvalue weighted by Gasteiger charge is -2.18. The van der Waals surface area contributed by atoms with Crippen molar-refractivity contribution in [3.63, 3.8) is 0 Å². The summed E-state index contributed by atoms with van der Waals surface area (Å²) in [5, 5.41) is 0. The van der Waals surface area contributed by atoms with Crippen LogP contribution in [0.4, 0.5) is 4.39 Å². The van der Waals surface area contributed by atoms with E-state index < -0.39 is 0 Å². The third-order valence-electron chi connectivity index (χ3n) is 4.06. The van der Waals surface area contributed by atoms with Gasteiger partial charge in [0, 0.05) is 0 Å². The Hall–Kier alpha value is -1.88. The number of benzene rings is 3. The summed E-state index contributed by atoms with van der Waals surface area (Å²) in [7, 11) is 0. The van der Waals surface area contributed by atoms with E-state index in [1.165, 1.54) is 24.8 Å². The first-order chi connectivity index (χ1) is 12.4. The van der Waals surface area contributed by atoms with Crippen LogP contribution in [0.5, 0.6) is 5.75 Å². The monoisotopic (exact) mass is 461 g/mol. The normalized spacial score (nSPS) is 11.4. The summed E-state index contributed by atoms with van der Waals surface area (Å²) in [5.74, 6) is 0.614. The van der Waals surface area contributed by atoms with E-state index in [2.05, 4.69) is 57.2 Å². The highest BCUT2D eigenvalue weighted by atomic mass is 127. The van der Waals surface area contributed by atoms with Crippen LogP contribution in [-0.4, -0.2) is 0 Å². The minimum absolute atomic E-state index is 0.189. The Morgan fingerprint density at radius 1 is 0.769 bits per heavy atom. The van der Waals surface area contributed by atoms with Gasteiger partial charge in [-0.05, 0) is 65.1 Å². The summed E-state index contributed by atoms with van der Waals surface area (Å²) in [5.41, 5.74) is 2.53. The number of hydrogen-bond donors (Lipinski definition) is 0. The van der Waals surface area contributed by atoms with Crippen LogP contribution < -0.4 is 25.9 Å². The van der Waals surface area contributed by atoms with Crippen LogP contribution in [0.25, 0.3) is 0 Å². The number of halogens is 2. The summed E-state index contributed by atoms with van der Waals surface area (Å²) in [6.07, 6.45) is 0. The van der Waals surface area contributed by atoms with E-state index in [0.29, 0.717) is 6.61 Å². The number of rotatable bonds is 5. The smallest absolute Gasteiger partial charge is 0.357 e. The lowest BCUT2D eigenvalue weighted by Crippen LogP contribution is -3.61. The molecule has 0 aliphatic heterocycles. The second kappa shape index (κ2) is 8.21. The molecule has 0 saturated heterocycles. The highest BCUT2D eigenvalue weighted by Crippen LogP contribution is 2.20. The molecule has 1 nitrogen and oxygen atoms in total. The van der Waals surface area contributed by atoms with Crippen LogP contribution in [0, 0.1) is 13.0 Å². The minimum atomic E-state index is -0.224. The minimum Gasteiger partial charge on any atom is -0.489 e. The zero-order chi connectivity index (χ0) is 18.6. The molecule has 0 aliphatic carbocycles. The van der Waals surface area contributed by atoms with E-state index >= 15 is 0 Å². The van der Waals surface area contributed by atoms with Crippen LogP contribution in [-0.2, 0) is 12.0 Å². The van der Waals surface area contributed by atoms with E-state index in [4.69, 9.17) is 4.74 Å². The molecule has 3 aromatic rings. The van der Waals surface area contributed by atoms with Gasteiger partial charge < -0.3 is 4.74 Å². The quantitative estimate of drug-likeness (QED) is 0.532. The molecule has 134 valence electrons. The largest absolute Gasteiger partial charge is 0.489 e. The fraction of sp³-hybridized carbons (Fsp3) is 0.217. The topological polar surface area (TPSA) is 9.23 Å². The van der Waals surface area contributed by atoms with E-state index in [1.807, 2.05) is 12.1 Å². The predicted molar refractivity (Wildman–Crippen MR) is 99.7 cm³/mol. The van der Waals surface area contributed by atoms with Crippen LogP contribution >= 0.6 is 0 Å². The molecule has 0 unspecified atom stereocenters. The molecule has 0 saturated carbocycles. The van der Waals surface area contributed by atoms with E-state index in [1.54, 1.807) is 12.1 Å². The van der Waals surface area contributed by atoms with Gasteiger partial charge in [-0.15, -0.1) is 0 Å². The third kappa shape index (κ3) is 5.31. The van der Waals surface area contributed by atoms with Crippen LogP contribution in [0.3, 0.4) is 0 Å². The van der Waals surface area contributed by atoms with Gasteiger partial charge in [0.25, 0.3) is 0 Å². The molecule has 0 radical (unpaired) electrons. The summed E-state index contributed by atoms with van der Waals surface area (Å²) in [6.45, 7) is 7.16. The summed E-state index contributed by atoms with van der Waals surface area (Å²) in [6, 6.07) is 23.7. The van der Waals surface area contributed by atoms with Gasteiger partial charge >= 0.3 is 21.2 Å². The Bertz CT molecular complexity index is 831. The van der Waals surface area contributed by atoms with Crippen molar-refractivity contribution in [3.05, 3.63) is 96.9 Å². The maximum Gasteiger partial charge on any atom is 0.357 e. The van der Waals surface area contributed by atoms with Crippen LogP contribution in [0.2, 0.25) is 0 Å². The molecule has 0 aliphatic rings. The van der Waals surface area contributed by atoms with Gasteiger partial charge in [0.1, 0.15) is 18.2 Å². The first-order valence-corrected chi connectivity index (χ1v) is 10.8. The average molecular weight is 461 g/mol. The van der Waals surface area contributed by atoms with Crippen molar-refractivity contribution in [2.24, 2.45) is 0 Å². The van der Waals surface area contributed by atoms with Crippen LogP contribution in [0.15, 0.2) is 72.8 Å². The van der Waals surface area contributed by atoms with Gasteiger partial charge in [0.2, 0.25) is 0 Å². The molecule has 0 bridgehead atoms. The van der Waals surface area contributed by atoms with E-state index in [-0.39, 0.29) is 32.4 Å². The summed E-state index contributed by atoms with van der Waals surface area (Å²) in [4.78, 5) is 0. The van der Waals surface area contributed by atoms with Crippen molar-refractivity contribution in [3.8, 4) is 5.75 Å². The molecule has 0 heterocycles. The molecule has 0 spiro atoms. The Balaban J connectivity index is 1.58. The van der Waals surface area contributed by atoms with Gasteiger partial charge in [-0.1, -0.05) is 45.0 Å². The lowest BCUT2D eigenvalue weighted by atomic mass is 9.87. The van der Waals surface area contributed by atoms with E-state index in [0.717, 1.165) is 11.3 Å². The summed E-state index contributed by atoms with van der Waals surface area (Å²) < 4.78 is 21.5. The highest BCUT2D eigenvalue weighted by Gasteiger charge is 2.18. The molecule has 0 N–H and O–H groups in total. The second-order valence-corrected chi connectivity index (χ2v) is 10.3. The van der Waals surface area contributed by atoms with Crippen LogP contribution in [0.1, 0.15) is 31.9 Å². The zero-order valence-corrected chi connectivity index (χ0v) is 17.5. The SMILES string of the molecule is CC(C)(C)c1ccc([I+]c2ccc(OCc3ccc(F)cc3)cc2)cc1. The van der Waals surface area contributed by atoms with Gasteiger partial charge in [-0.2, -0.15) is 0 Å². The van der Waals surface area contributed by atoms with Crippen molar-refractivity contribution in [1.29, 1.82) is 0 Å². The van der Waals surface area contributed by atoms with Gasteiger partial charge in [0.15, 0.2) is 7.14 Å². The molecule has 3 rings (SSSR count). The van der Waals surface area contributed by atoms with Crippen molar-refractivity contribution in [2.75, 3.05) is 0 Å². The first kappa shape index (κ1) is 18.9. The molecule has 3 heteroatoms. The lowest BCUT2D eigenvalue weighted by molar-refractivity contribution is -0.597. The molecule has 26 heavy (non-hydrogen) atoms. The molecule has 3 aromatic carbocycles. The van der Waals surface area contributed by atoms with Crippen molar-refractivity contribution in [2.45, 2.75) is 32.8 Å². The molecule has 0 aromatic heterocycles. The predicted octanol–water partition coefficient (Wildman–Crippen LogP) is 2.83. The Morgan fingerprint density at radius 3 is 1.85 bits per heavy atom. The maximum absolute atomic E-state index is 12.9. The molecule has 0 fully saturated rings. The second-order valence-electron chi connectivity index (χ2n) is 7.22. The molecular weight excluding hydrogens is 438 g/mol. The summed E-state index contributed by atoms with van der Waals surface area (Å²) >= 11 is -0.189. The average Bonchev–Trinajstić information content (AvgIpc) is 2.62. The number of ether oxygens (including phenoxy) is 1. The third-order valence-corrected chi connectivity index (χ3v) is 6.74. The van der Waals surface area contributed by atoms with Crippen molar-refractivity contribution < 1.29 is 30.3 Å². The van der Waals surface area contributed by atoms with Crippen molar-refractivity contribution in [1.82, 2.24) is 0 Å². The Morgan fingerprint density at radius 2 is 1.31 bits per heavy atom. The molecular formula is C23H23FIO+. The van der Waals surface area contributed by atoms with E-state index in [9.17, 15) is 4.39 Å². The highest BCUT2D eigenvalue weighted by molar-refractivity contribution is 5.24.